The van der Waals surface area contributed by atoms with Crippen molar-refractivity contribution in [3.63, 3.8) is 0 Å². The summed E-state index contributed by atoms with van der Waals surface area (Å²) >= 11 is 0. The second-order valence-corrected chi connectivity index (χ2v) is 13.3. The van der Waals surface area contributed by atoms with Gasteiger partial charge in [0, 0.05) is 42.9 Å². The molecule has 1 amide bonds. The number of nitrogens with one attached hydrogen (secondary N) is 2. The highest BCUT2D eigenvalue weighted by atomic mass is 32.2. The van der Waals surface area contributed by atoms with Gasteiger partial charge < -0.3 is 14.4 Å². The number of fused-ring (bicyclic) bond motifs is 1. The Hall–Kier alpha value is -5.28. The average molecular weight is 659 g/mol. The van der Waals surface area contributed by atoms with Crippen LogP contribution < -0.4 is 14.9 Å². The molecule has 0 unspecified atom stereocenters. The number of morpholine rings is 1. The van der Waals surface area contributed by atoms with E-state index in [2.05, 4.69) is 24.9 Å². The lowest BCUT2D eigenvalue weighted by atomic mass is 10.1. The minimum Gasteiger partial charge on any atom is -0.444 e. The molecule has 0 radical (unpaired) electrons. The molecule has 1 aliphatic heterocycles. The lowest BCUT2D eigenvalue weighted by Gasteiger charge is -2.28. The molecule has 3 aromatic heterocycles. The Morgan fingerprint density at radius 1 is 0.915 bits per heavy atom. The predicted molar refractivity (Wildman–Crippen MR) is 174 cm³/mol. The van der Waals surface area contributed by atoms with E-state index in [-0.39, 0.29) is 10.8 Å². The Morgan fingerprint density at radius 3 is 2.32 bits per heavy atom. The van der Waals surface area contributed by atoms with Crippen LogP contribution in [0, 0.1) is 5.82 Å². The van der Waals surface area contributed by atoms with Gasteiger partial charge in [-0.1, -0.05) is 12.1 Å². The first-order valence-electron chi connectivity index (χ1n) is 14.7. The summed E-state index contributed by atoms with van der Waals surface area (Å²) in [4.78, 5) is 37.0. The molecule has 1 fully saturated rings. The van der Waals surface area contributed by atoms with Crippen LogP contribution in [0.3, 0.4) is 0 Å². The van der Waals surface area contributed by atoms with Gasteiger partial charge in [0.2, 0.25) is 5.95 Å². The minimum absolute atomic E-state index is 0.0609. The van der Waals surface area contributed by atoms with Crippen LogP contribution >= 0.6 is 0 Å². The molecule has 4 heterocycles. The molecule has 2 N–H and O–H groups in total. The molecule has 5 aromatic rings. The van der Waals surface area contributed by atoms with E-state index in [0.717, 1.165) is 12.1 Å². The van der Waals surface area contributed by atoms with E-state index in [1.165, 1.54) is 24.5 Å². The normalized spacial score (nSPS) is 13.7. The van der Waals surface area contributed by atoms with Crippen molar-refractivity contribution in [3.05, 3.63) is 79.0 Å². The maximum atomic E-state index is 13.3. The molecular weight excluding hydrogens is 627 g/mol. The van der Waals surface area contributed by atoms with Crippen molar-refractivity contribution in [1.29, 1.82) is 0 Å². The standard InChI is InChI=1S/C32H31FN8O5S/c1-32(2,3)46-31(42)39-30-35-18-22(19-36-30)28-37-26-16-21(17-34-27(26)29(38-28)41-11-13-45-14-12-41)20-5-4-6-24(15-20)40-47(43,44)25-9-7-23(33)8-10-25/h4-10,15-19,40H,11-14H2,1-3H3,(H,35,36,39,42). The summed E-state index contributed by atoms with van der Waals surface area (Å²) in [5, 5.41) is 2.51. The van der Waals surface area contributed by atoms with E-state index >= 15 is 0 Å². The van der Waals surface area contributed by atoms with Crippen molar-refractivity contribution in [2.75, 3.05) is 41.2 Å². The summed E-state index contributed by atoms with van der Waals surface area (Å²) in [7, 11) is -3.95. The Labute approximate surface area is 270 Å². The number of hydrogen-bond donors (Lipinski definition) is 2. The Bertz CT molecular complexity index is 2030. The van der Waals surface area contributed by atoms with Crippen LogP contribution in [0.1, 0.15) is 20.8 Å². The Balaban J connectivity index is 1.33. The third kappa shape index (κ3) is 7.58. The molecular formula is C32H31FN8O5S. The monoisotopic (exact) mass is 658 g/mol. The van der Waals surface area contributed by atoms with E-state index in [9.17, 15) is 17.6 Å². The molecule has 47 heavy (non-hydrogen) atoms. The van der Waals surface area contributed by atoms with Gasteiger partial charge in [0.15, 0.2) is 11.6 Å². The number of sulfonamides is 1. The van der Waals surface area contributed by atoms with Gasteiger partial charge in [-0.05, 0) is 68.8 Å². The zero-order chi connectivity index (χ0) is 33.2. The SMILES string of the molecule is CC(C)(C)OC(=O)Nc1ncc(-c2nc(N3CCOCC3)c3ncc(-c4cccc(NS(=O)(=O)c5ccc(F)cc5)c4)cc3n2)cn1. The molecule has 0 saturated carbocycles. The molecule has 242 valence electrons. The van der Waals surface area contributed by atoms with Crippen molar-refractivity contribution >= 4 is 44.6 Å². The highest BCUT2D eigenvalue weighted by Gasteiger charge is 2.21. The number of carbonyl (C=O) groups is 1. The smallest absolute Gasteiger partial charge is 0.414 e. The number of benzene rings is 2. The number of ether oxygens (including phenoxy) is 2. The average Bonchev–Trinajstić information content (AvgIpc) is 3.04. The first-order chi connectivity index (χ1) is 22.4. The van der Waals surface area contributed by atoms with E-state index < -0.39 is 27.5 Å². The quantitative estimate of drug-likeness (QED) is 0.234. The third-order valence-corrected chi connectivity index (χ3v) is 8.32. The van der Waals surface area contributed by atoms with Crippen LogP contribution in [0.5, 0.6) is 0 Å². The van der Waals surface area contributed by atoms with Crippen molar-refractivity contribution in [3.8, 4) is 22.5 Å². The third-order valence-electron chi connectivity index (χ3n) is 6.92. The van der Waals surface area contributed by atoms with Gasteiger partial charge in [0.25, 0.3) is 10.0 Å². The fourth-order valence-corrected chi connectivity index (χ4v) is 5.83. The van der Waals surface area contributed by atoms with Crippen LogP contribution in [0.2, 0.25) is 0 Å². The summed E-state index contributed by atoms with van der Waals surface area (Å²) in [5.41, 5.74) is 2.66. The van der Waals surface area contributed by atoms with E-state index in [1.54, 1.807) is 45.2 Å². The van der Waals surface area contributed by atoms with Crippen LogP contribution in [-0.4, -0.2) is 71.3 Å². The summed E-state index contributed by atoms with van der Waals surface area (Å²) in [5.74, 6) is 0.508. The molecule has 2 aromatic carbocycles. The van der Waals surface area contributed by atoms with Crippen LogP contribution in [-0.2, 0) is 19.5 Å². The number of amides is 1. The number of carbonyl (C=O) groups excluding carboxylic acids is 1. The number of aromatic nitrogens is 5. The maximum Gasteiger partial charge on any atom is 0.414 e. The predicted octanol–water partition coefficient (Wildman–Crippen LogP) is 5.27. The summed E-state index contributed by atoms with van der Waals surface area (Å²) in [6, 6.07) is 13.3. The Kier molecular flexibility index (Phi) is 8.66. The fraction of sp³-hybridized carbons (Fsp3) is 0.250. The summed E-state index contributed by atoms with van der Waals surface area (Å²) in [6.45, 7) is 7.57. The second kappa shape index (κ2) is 12.8. The Morgan fingerprint density at radius 2 is 1.62 bits per heavy atom. The molecule has 0 atom stereocenters. The van der Waals surface area contributed by atoms with E-state index in [1.807, 2.05) is 12.1 Å². The van der Waals surface area contributed by atoms with Crippen molar-refractivity contribution in [2.45, 2.75) is 31.3 Å². The van der Waals surface area contributed by atoms with E-state index in [0.29, 0.717) is 71.4 Å². The number of anilines is 3. The fourth-order valence-electron chi connectivity index (χ4n) is 4.78. The maximum absolute atomic E-state index is 13.3. The zero-order valence-electron chi connectivity index (χ0n) is 25.8. The second-order valence-electron chi connectivity index (χ2n) is 11.6. The minimum atomic E-state index is -3.95. The lowest BCUT2D eigenvalue weighted by molar-refractivity contribution is 0.0634. The molecule has 6 rings (SSSR count). The number of nitrogens with zero attached hydrogens (tertiary/aromatic N) is 6. The van der Waals surface area contributed by atoms with Gasteiger partial charge in [-0.25, -0.2) is 37.5 Å². The van der Waals surface area contributed by atoms with Gasteiger partial charge in [0.1, 0.15) is 16.9 Å². The van der Waals surface area contributed by atoms with Gasteiger partial charge in [-0.2, -0.15) is 0 Å². The molecule has 0 spiro atoms. The van der Waals surface area contributed by atoms with Gasteiger partial charge in [-0.15, -0.1) is 0 Å². The number of rotatable bonds is 7. The lowest BCUT2D eigenvalue weighted by Crippen LogP contribution is -2.37. The largest absolute Gasteiger partial charge is 0.444 e. The molecule has 1 aliphatic rings. The van der Waals surface area contributed by atoms with Gasteiger partial charge >= 0.3 is 6.09 Å². The van der Waals surface area contributed by atoms with Crippen LogP contribution in [0.25, 0.3) is 33.5 Å². The molecule has 0 bridgehead atoms. The van der Waals surface area contributed by atoms with Crippen molar-refractivity contribution in [2.24, 2.45) is 0 Å². The van der Waals surface area contributed by atoms with Gasteiger partial charge in [0.05, 0.1) is 29.2 Å². The van der Waals surface area contributed by atoms with Gasteiger partial charge in [-0.3, -0.25) is 15.0 Å². The molecule has 15 heteroatoms. The first kappa shape index (κ1) is 31.7. The van der Waals surface area contributed by atoms with Crippen molar-refractivity contribution < 1.29 is 27.1 Å². The molecule has 1 saturated heterocycles. The highest BCUT2D eigenvalue weighted by Crippen LogP contribution is 2.31. The first-order valence-corrected chi connectivity index (χ1v) is 16.1. The zero-order valence-corrected chi connectivity index (χ0v) is 26.6. The number of pyridine rings is 1. The number of hydrogen-bond acceptors (Lipinski definition) is 11. The summed E-state index contributed by atoms with van der Waals surface area (Å²) in [6.07, 6.45) is 4.03. The number of halogens is 1. The topological polar surface area (TPSA) is 161 Å². The van der Waals surface area contributed by atoms with E-state index in [4.69, 9.17) is 24.4 Å². The highest BCUT2D eigenvalue weighted by molar-refractivity contribution is 7.92. The van der Waals surface area contributed by atoms with Crippen LogP contribution in [0.4, 0.5) is 26.6 Å². The molecule has 13 nitrogen and oxygen atoms in total. The molecule has 0 aliphatic carbocycles. The van der Waals surface area contributed by atoms with Crippen molar-refractivity contribution in [1.82, 2.24) is 24.9 Å². The van der Waals surface area contributed by atoms with Crippen LogP contribution in [0.15, 0.2) is 78.1 Å². The summed E-state index contributed by atoms with van der Waals surface area (Å²) < 4.78 is 52.5.